The molecular formula is C23H16F3N3O4. The molecule has 33 heavy (non-hydrogen) atoms. The zero-order valence-electron chi connectivity index (χ0n) is 17.0. The molecule has 5 rings (SSSR count). The fourth-order valence-corrected chi connectivity index (χ4v) is 3.99. The summed E-state index contributed by atoms with van der Waals surface area (Å²) in [5.41, 5.74) is 1.38. The van der Waals surface area contributed by atoms with Crippen molar-refractivity contribution >= 4 is 17.1 Å². The number of furan rings is 1. The second kappa shape index (κ2) is 7.51. The van der Waals surface area contributed by atoms with Crippen molar-refractivity contribution in [1.29, 1.82) is 0 Å². The second-order valence-electron chi connectivity index (χ2n) is 7.69. The van der Waals surface area contributed by atoms with Gasteiger partial charge in [-0.15, -0.1) is 0 Å². The van der Waals surface area contributed by atoms with Gasteiger partial charge in [-0.05, 0) is 29.8 Å². The van der Waals surface area contributed by atoms with Crippen LogP contribution < -0.4 is 5.56 Å². The van der Waals surface area contributed by atoms with E-state index in [-0.39, 0.29) is 12.1 Å². The lowest BCUT2D eigenvalue weighted by Crippen LogP contribution is -2.34. The predicted octanol–water partition coefficient (Wildman–Crippen LogP) is 4.70. The molecule has 0 atom stereocenters. The predicted molar refractivity (Wildman–Crippen MR) is 112 cm³/mol. The number of hydrogen-bond donors (Lipinski definition) is 1. The minimum Gasteiger partial charge on any atom is -0.465 e. The third-order valence-corrected chi connectivity index (χ3v) is 5.67. The van der Waals surface area contributed by atoms with Crippen LogP contribution in [-0.4, -0.2) is 32.2 Å². The van der Waals surface area contributed by atoms with Gasteiger partial charge in [-0.1, -0.05) is 6.07 Å². The molecule has 0 spiro atoms. The topological polar surface area (TPSA) is 88.6 Å². The number of hydrogen-bond acceptors (Lipinski definition) is 4. The SMILES string of the molecule is O=C(O)N1CCc2oc3cc(-n4ccc(-c5ccc(C(F)(F)F)nc5)cc4=O)ccc3c2C1. The smallest absolute Gasteiger partial charge is 0.433 e. The van der Waals surface area contributed by atoms with Crippen LogP contribution in [0.2, 0.25) is 0 Å². The van der Waals surface area contributed by atoms with Gasteiger partial charge >= 0.3 is 12.3 Å². The molecule has 0 radical (unpaired) electrons. The number of benzene rings is 1. The Hall–Kier alpha value is -4.08. The minimum absolute atomic E-state index is 0.243. The molecule has 4 heterocycles. The molecule has 1 aliphatic rings. The molecule has 3 aromatic heterocycles. The van der Waals surface area contributed by atoms with Gasteiger partial charge in [0.2, 0.25) is 0 Å². The third kappa shape index (κ3) is 3.73. The first kappa shape index (κ1) is 20.8. The molecule has 1 aliphatic heterocycles. The van der Waals surface area contributed by atoms with Crippen molar-refractivity contribution < 1.29 is 27.5 Å². The van der Waals surface area contributed by atoms with Gasteiger partial charge in [0, 0.05) is 54.0 Å². The molecule has 4 aromatic rings. The van der Waals surface area contributed by atoms with Gasteiger partial charge in [-0.3, -0.25) is 14.3 Å². The number of pyridine rings is 2. The van der Waals surface area contributed by atoms with Crippen molar-refractivity contribution in [2.24, 2.45) is 0 Å². The monoisotopic (exact) mass is 455 g/mol. The molecule has 0 unspecified atom stereocenters. The summed E-state index contributed by atoms with van der Waals surface area (Å²) in [5, 5.41) is 10.0. The molecular weight excluding hydrogens is 439 g/mol. The molecule has 1 aromatic carbocycles. The van der Waals surface area contributed by atoms with Crippen LogP contribution in [-0.2, 0) is 19.1 Å². The highest BCUT2D eigenvalue weighted by atomic mass is 19.4. The van der Waals surface area contributed by atoms with Crippen LogP contribution in [0.5, 0.6) is 0 Å². The Bertz CT molecular complexity index is 1440. The first-order valence-corrected chi connectivity index (χ1v) is 9.99. The Morgan fingerprint density at radius 1 is 1.09 bits per heavy atom. The highest BCUT2D eigenvalue weighted by Crippen LogP contribution is 2.32. The molecule has 0 saturated carbocycles. The van der Waals surface area contributed by atoms with E-state index in [4.69, 9.17) is 4.42 Å². The molecule has 10 heteroatoms. The zero-order chi connectivity index (χ0) is 23.3. The van der Waals surface area contributed by atoms with E-state index in [1.165, 1.54) is 27.8 Å². The van der Waals surface area contributed by atoms with Gasteiger partial charge in [0.05, 0.1) is 12.2 Å². The Labute approximate surface area is 184 Å². The summed E-state index contributed by atoms with van der Waals surface area (Å²) in [6, 6.07) is 10.3. The van der Waals surface area contributed by atoms with E-state index in [0.29, 0.717) is 35.4 Å². The van der Waals surface area contributed by atoms with Crippen molar-refractivity contribution in [2.75, 3.05) is 6.54 Å². The molecule has 0 bridgehead atoms. The fraction of sp³-hybridized carbons (Fsp3) is 0.174. The molecule has 1 amide bonds. The molecule has 0 fully saturated rings. The van der Waals surface area contributed by atoms with Gasteiger partial charge in [-0.2, -0.15) is 13.2 Å². The lowest BCUT2D eigenvalue weighted by atomic mass is 10.0. The van der Waals surface area contributed by atoms with Gasteiger partial charge in [0.15, 0.2) is 0 Å². The zero-order valence-corrected chi connectivity index (χ0v) is 17.0. The van der Waals surface area contributed by atoms with Gasteiger partial charge in [0.1, 0.15) is 17.0 Å². The first-order chi connectivity index (χ1) is 15.7. The van der Waals surface area contributed by atoms with E-state index >= 15 is 0 Å². The van der Waals surface area contributed by atoms with E-state index in [1.54, 1.807) is 24.3 Å². The molecule has 0 aliphatic carbocycles. The molecule has 168 valence electrons. The average Bonchev–Trinajstić information content (AvgIpc) is 3.15. The number of nitrogens with zero attached hydrogens (tertiary/aromatic N) is 3. The Morgan fingerprint density at radius 2 is 1.91 bits per heavy atom. The van der Waals surface area contributed by atoms with Crippen LogP contribution in [0.1, 0.15) is 17.0 Å². The molecule has 7 nitrogen and oxygen atoms in total. The van der Waals surface area contributed by atoms with E-state index in [1.807, 2.05) is 0 Å². The maximum Gasteiger partial charge on any atom is 0.433 e. The summed E-state index contributed by atoms with van der Waals surface area (Å²) < 4.78 is 45.5. The standard InChI is InChI=1S/C23H16F3N3O4/c24-23(25,26)20-4-1-14(11-27-20)13-5-8-29(21(30)9-13)15-2-3-16-17-12-28(22(31)32)7-6-18(17)33-19(16)10-15/h1-5,8-11H,6-7,12H2,(H,31,32). The lowest BCUT2D eigenvalue weighted by molar-refractivity contribution is -0.141. The van der Waals surface area contributed by atoms with E-state index in [0.717, 1.165) is 29.0 Å². The van der Waals surface area contributed by atoms with Crippen LogP contribution in [0.3, 0.4) is 0 Å². The van der Waals surface area contributed by atoms with Gasteiger partial charge < -0.3 is 14.4 Å². The number of alkyl halides is 3. The number of carboxylic acid groups (broad SMARTS) is 1. The number of fused-ring (bicyclic) bond motifs is 3. The Balaban J connectivity index is 1.47. The number of carbonyl (C=O) groups is 1. The summed E-state index contributed by atoms with van der Waals surface area (Å²) >= 11 is 0. The number of amides is 1. The van der Waals surface area contributed by atoms with Crippen molar-refractivity contribution in [1.82, 2.24) is 14.5 Å². The fourth-order valence-electron chi connectivity index (χ4n) is 3.99. The van der Waals surface area contributed by atoms with Gasteiger partial charge in [0.25, 0.3) is 5.56 Å². The minimum atomic E-state index is -4.53. The molecule has 1 N–H and O–H groups in total. The van der Waals surface area contributed by atoms with E-state index in [9.17, 15) is 27.9 Å². The maximum absolute atomic E-state index is 12.7. The van der Waals surface area contributed by atoms with Crippen molar-refractivity contribution in [2.45, 2.75) is 19.1 Å². The normalized spacial score (nSPS) is 13.8. The number of aromatic nitrogens is 2. The summed E-state index contributed by atoms with van der Waals surface area (Å²) in [6.07, 6.45) is -2.42. The summed E-state index contributed by atoms with van der Waals surface area (Å²) in [4.78, 5) is 28.8. The number of rotatable bonds is 2. The van der Waals surface area contributed by atoms with Gasteiger partial charge in [-0.25, -0.2) is 4.79 Å². The molecule has 0 saturated heterocycles. The second-order valence-corrected chi connectivity index (χ2v) is 7.69. The Kier molecular flexibility index (Phi) is 4.73. The summed E-state index contributed by atoms with van der Waals surface area (Å²) in [6.45, 7) is 0.599. The van der Waals surface area contributed by atoms with Crippen molar-refractivity contribution in [3.8, 4) is 16.8 Å². The highest BCUT2D eigenvalue weighted by molar-refractivity contribution is 5.85. The highest BCUT2D eigenvalue weighted by Gasteiger charge is 2.32. The summed E-state index contributed by atoms with van der Waals surface area (Å²) in [5.74, 6) is 0.733. The third-order valence-electron chi connectivity index (χ3n) is 5.67. The maximum atomic E-state index is 12.7. The quantitative estimate of drug-likeness (QED) is 0.473. The van der Waals surface area contributed by atoms with Crippen LogP contribution in [0, 0.1) is 0 Å². The largest absolute Gasteiger partial charge is 0.465 e. The van der Waals surface area contributed by atoms with Crippen LogP contribution in [0.4, 0.5) is 18.0 Å². The Morgan fingerprint density at radius 3 is 2.58 bits per heavy atom. The van der Waals surface area contributed by atoms with Crippen LogP contribution >= 0.6 is 0 Å². The van der Waals surface area contributed by atoms with Crippen LogP contribution in [0.25, 0.3) is 27.8 Å². The lowest BCUT2D eigenvalue weighted by Gasteiger charge is -2.23. The van der Waals surface area contributed by atoms with Crippen molar-refractivity contribution in [3.63, 3.8) is 0 Å². The van der Waals surface area contributed by atoms with E-state index in [2.05, 4.69) is 4.98 Å². The first-order valence-electron chi connectivity index (χ1n) is 9.99. The van der Waals surface area contributed by atoms with Crippen molar-refractivity contribution in [3.05, 3.63) is 82.2 Å². The number of halogens is 3. The van der Waals surface area contributed by atoms with E-state index < -0.39 is 18.0 Å². The van der Waals surface area contributed by atoms with Crippen LogP contribution in [0.15, 0.2) is 64.1 Å². The summed E-state index contributed by atoms with van der Waals surface area (Å²) in [7, 11) is 0. The average molecular weight is 455 g/mol.